The Hall–Kier alpha value is -2.04. The van der Waals surface area contributed by atoms with Gasteiger partial charge in [-0.05, 0) is 31.0 Å². The molecule has 0 saturated heterocycles. The maximum Gasteiger partial charge on any atom is 0.339 e. The van der Waals surface area contributed by atoms with Crippen LogP contribution < -0.4 is 5.32 Å². The number of nitrogens with one attached hydrogen (secondary N) is 1. The standard InChI is InChI=1S/C18H15Cl2NO3/c19-13-8-12(9-14(20)10-13)18(23)24-16(11-4-2-1-3-5-11)17(22)21-15-6-7-15/h1-5,8-10,15-16H,6-7H2,(H,21,22)/t16-/m0/s1. The molecule has 24 heavy (non-hydrogen) atoms. The van der Waals surface area contributed by atoms with E-state index in [1.165, 1.54) is 18.2 Å². The van der Waals surface area contributed by atoms with Crippen LogP contribution in [0.25, 0.3) is 0 Å². The lowest BCUT2D eigenvalue weighted by atomic mass is 10.1. The summed E-state index contributed by atoms with van der Waals surface area (Å²) in [5, 5.41) is 3.52. The lowest BCUT2D eigenvalue weighted by Crippen LogP contribution is -2.33. The third-order valence-corrected chi connectivity index (χ3v) is 4.02. The first-order valence-corrected chi connectivity index (χ1v) is 8.31. The predicted octanol–water partition coefficient (Wildman–Crippen LogP) is 4.17. The van der Waals surface area contributed by atoms with Crippen LogP contribution in [0.5, 0.6) is 0 Å². The van der Waals surface area contributed by atoms with Crippen molar-refractivity contribution in [1.29, 1.82) is 0 Å². The average Bonchev–Trinajstić information content (AvgIpc) is 3.36. The first-order valence-electron chi connectivity index (χ1n) is 7.55. The molecular formula is C18H15Cl2NO3. The van der Waals surface area contributed by atoms with Gasteiger partial charge in [0.05, 0.1) is 5.56 Å². The molecule has 3 rings (SSSR count). The van der Waals surface area contributed by atoms with Gasteiger partial charge in [0.25, 0.3) is 5.91 Å². The second-order valence-corrected chi connectivity index (χ2v) is 6.51. The Morgan fingerprint density at radius 1 is 1.04 bits per heavy atom. The van der Waals surface area contributed by atoms with E-state index >= 15 is 0 Å². The van der Waals surface area contributed by atoms with Crippen LogP contribution >= 0.6 is 23.2 Å². The fourth-order valence-corrected chi connectivity index (χ4v) is 2.78. The van der Waals surface area contributed by atoms with Crippen molar-refractivity contribution < 1.29 is 14.3 Å². The smallest absolute Gasteiger partial charge is 0.339 e. The minimum Gasteiger partial charge on any atom is -0.444 e. The number of hydrogen-bond donors (Lipinski definition) is 1. The van der Waals surface area contributed by atoms with E-state index in [1.54, 1.807) is 24.3 Å². The van der Waals surface area contributed by atoms with E-state index in [0.717, 1.165) is 12.8 Å². The Kier molecular flexibility index (Phi) is 5.07. The van der Waals surface area contributed by atoms with E-state index in [4.69, 9.17) is 27.9 Å². The highest BCUT2D eigenvalue weighted by Gasteiger charge is 2.31. The minimum atomic E-state index is -1.02. The van der Waals surface area contributed by atoms with E-state index < -0.39 is 12.1 Å². The summed E-state index contributed by atoms with van der Waals surface area (Å²) >= 11 is 11.8. The van der Waals surface area contributed by atoms with Crippen molar-refractivity contribution in [2.45, 2.75) is 25.0 Å². The number of amides is 1. The van der Waals surface area contributed by atoms with Gasteiger partial charge in [-0.15, -0.1) is 0 Å². The van der Waals surface area contributed by atoms with Crippen LogP contribution in [0.2, 0.25) is 10.0 Å². The van der Waals surface area contributed by atoms with Gasteiger partial charge in [0, 0.05) is 21.7 Å². The molecule has 0 unspecified atom stereocenters. The maximum atomic E-state index is 12.5. The molecule has 1 fully saturated rings. The molecule has 1 aliphatic carbocycles. The Balaban J connectivity index is 1.82. The number of esters is 1. The normalized spacial score (nSPS) is 14.8. The topological polar surface area (TPSA) is 55.4 Å². The van der Waals surface area contributed by atoms with Crippen LogP contribution in [0.4, 0.5) is 0 Å². The molecule has 1 aliphatic rings. The number of benzene rings is 2. The zero-order valence-electron chi connectivity index (χ0n) is 12.7. The van der Waals surface area contributed by atoms with Gasteiger partial charge in [-0.25, -0.2) is 4.79 Å². The molecule has 0 bridgehead atoms. The van der Waals surface area contributed by atoms with Gasteiger partial charge < -0.3 is 10.1 Å². The van der Waals surface area contributed by atoms with E-state index in [9.17, 15) is 9.59 Å². The summed E-state index contributed by atoms with van der Waals surface area (Å²) in [6, 6.07) is 13.5. The molecule has 6 heteroatoms. The van der Waals surface area contributed by atoms with Crippen LogP contribution in [0.3, 0.4) is 0 Å². The highest BCUT2D eigenvalue weighted by Crippen LogP contribution is 2.25. The first kappa shape index (κ1) is 16.8. The third kappa shape index (κ3) is 4.28. The number of rotatable bonds is 5. The fourth-order valence-electron chi connectivity index (χ4n) is 2.25. The molecule has 0 radical (unpaired) electrons. The summed E-state index contributed by atoms with van der Waals surface area (Å²) < 4.78 is 5.45. The molecule has 1 saturated carbocycles. The Labute approximate surface area is 149 Å². The quantitative estimate of drug-likeness (QED) is 0.811. The lowest BCUT2D eigenvalue weighted by molar-refractivity contribution is -0.130. The van der Waals surface area contributed by atoms with Crippen LogP contribution in [-0.4, -0.2) is 17.9 Å². The third-order valence-electron chi connectivity index (χ3n) is 3.59. The molecule has 1 N–H and O–H groups in total. The van der Waals surface area contributed by atoms with E-state index in [0.29, 0.717) is 15.6 Å². The fraction of sp³-hybridized carbons (Fsp3) is 0.222. The predicted molar refractivity (Wildman–Crippen MR) is 92.2 cm³/mol. The second kappa shape index (κ2) is 7.24. The molecule has 1 atom stereocenters. The molecule has 1 amide bonds. The van der Waals surface area contributed by atoms with Gasteiger partial charge in [-0.3, -0.25) is 4.79 Å². The summed E-state index contributed by atoms with van der Waals surface area (Å²) in [7, 11) is 0. The molecule has 2 aromatic rings. The highest BCUT2D eigenvalue weighted by molar-refractivity contribution is 6.35. The summed E-state index contributed by atoms with van der Waals surface area (Å²) in [4.78, 5) is 24.9. The van der Waals surface area contributed by atoms with Gasteiger partial charge in [0.1, 0.15) is 0 Å². The van der Waals surface area contributed by atoms with Crippen molar-refractivity contribution in [3.8, 4) is 0 Å². The van der Waals surface area contributed by atoms with Crippen LogP contribution in [0.15, 0.2) is 48.5 Å². The zero-order chi connectivity index (χ0) is 17.1. The Bertz CT molecular complexity index is 740. The number of carbonyl (C=O) groups is 2. The molecule has 0 heterocycles. The Morgan fingerprint density at radius 3 is 2.25 bits per heavy atom. The summed E-state index contributed by atoms with van der Waals surface area (Å²) in [6.45, 7) is 0. The largest absolute Gasteiger partial charge is 0.444 e. The zero-order valence-corrected chi connectivity index (χ0v) is 14.2. The maximum absolute atomic E-state index is 12.5. The summed E-state index contributed by atoms with van der Waals surface area (Å²) in [6.07, 6.45) is 0.882. The Morgan fingerprint density at radius 2 is 1.67 bits per heavy atom. The second-order valence-electron chi connectivity index (χ2n) is 5.64. The SMILES string of the molecule is O=C(O[C@H](C(=O)NC1CC1)c1ccccc1)c1cc(Cl)cc(Cl)c1. The van der Waals surface area contributed by atoms with E-state index in [2.05, 4.69) is 5.32 Å². The van der Waals surface area contributed by atoms with E-state index in [-0.39, 0.29) is 17.5 Å². The molecule has 2 aromatic carbocycles. The van der Waals surface area contributed by atoms with E-state index in [1.807, 2.05) is 6.07 Å². The van der Waals surface area contributed by atoms with Crippen molar-refractivity contribution >= 4 is 35.1 Å². The highest BCUT2D eigenvalue weighted by atomic mass is 35.5. The minimum absolute atomic E-state index is 0.169. The molecule has 0 aromatic heterocycles. The number of halogens is 2. The number of hydrogen-bond acceptors (Lipinski definition) is 3. The lowest BCUT2D eigenvalue weighted by Gasteiger charge is -2.18. The summed E-state index contributed by atoms with van der Waals surface area (Å²) in [5.41, 5.74) is 0.810. The summed E-state index contributed by atoms with van der Waals surface area (Å²) in [5.74, 6) is -0.982. The van der Waals surface area contributed by atoms with Crippen molar-refractivity contribution in [3.05, 3.63) is 69.7 Å². The van der Waals surface area contributed by atoms with Crippen LogP contribution in [-0.2, 0) is 9.53 Å². The molecule has 0 spiro atoms. The van der Waals surface area contributed by atoms with Crippen molar-refractivity contribution in [3.63, 3.8) is 0 Å². The number of ether oxygens (including phenoxy) is 1. The van der Waals surface area contributed by atoms with Gasteiger partial charge >= 0.3 is 5.97 Å². The monoisotopic (exact) mass is 363 g/mol. The van der Waals surface area contributed by atoms with Crippen LogP contribution in [0.1, 0.15) is 34.9 Å². The average molecular weight is 364 g/mol. The van der Waals surface area contributed by atoms with Crippen LogP contribution in [0, 0.1) is 0 Å². The molecule has 124 valence electrons. The van der Waals surface area contributed by atoms with Crippen molar-refractivity contribution in [2.24, 2.45) is 0 Å². The van der Waals surface area contributed by atoms with Crippen molar-refractivity contribution in [2.75, 3.05) is 0 Å². The number of carbonyl (C=O) groups excluding carboxylic acids is 2. The molecular weight excluding hydrogens is 349 g/mol. The molecule has 4 nitrogen and oxygen atoms in total. The molecule has 0 aliphatic heterocycles. The van der Waals surface area contributed by atoms with Gasteiger partial charge in [0.15, 0.2) is 0 Å². The van der Waals surface area contributed by atoms with Gasteiger partial charge in [0.2, 0.25) is 6.10 Å². The van der Waals surface area contributed by atoms with Crippen molar-refractivity contribution in [1.82, 2.24) is 5.32 Å². The van der Waals surface area contributed by atoms with Gasteiger partial charge in [-0.2, -0.15) is 0 Å². The first-order chi connectivity index (χ1) is 11.5. The van der Waals surface area contributed by atoms with Gasteiger partial charge in [-0.1, -0.05) is 53.5 Å².